The molecule has 0 fully saturated rings. The van der Waals surface area contributed by atoms with Gasteiger partial charge in [-0.05, 0) is 42.5 Å². The lowest BCUT2D eigenvalue weighted by molar-refractivity contribution is 0.0937. The summed E-state index contributed by atoms with van der Waals surface area (Å²) in [4.78, 5) is 22.6. The van der Waals surface area contributed by atoms with E-state index < -0.39 is 0 Å². The zero-order chi connectivity index (χ0) is 22.8. The summed E-state index contributed by atoms with van der Waals surface area (Å²) < 4.78 is 5.38. The molecular weight excluding hydrogens is 398 g/mol. The normalized spacial score (nSPS) is 18.0. The molecule has 32 heavy (non-hydrogen) atoms. The van der Waals surface area contributed by atoms with Crippen molar-refractivity contribution < 1.29 is 9.53 Å². The van der Waals surface area contributed by atoms with Gasteiger partial charge < -0.3 is 10.1 Å². The van der Waals surface area contributed by atoms with Gasteiger partial charge in [0.05, 0.1) is 12.7 Å². The molecule has 4 rings (SSSR count). The predicted octanol–water partition coefficient (Wildman–Crippen LogP) is 4.64. The first-order chi connectivity index (χ1) is 15.3. The second kappa shape index (κ2) is 8.73. The molecule has 0 saturated carbocycles. The van der Waals surface area contributed by atoms with Crippen LogP contribution < -0.4 is 10.1 Å². The van der Waals surface area contributed by atoms with E-state index in [1.165, 1.54) is 11.1 Å². The monoisotopic (exact) mass is 429 g/mol. The van der Waals surface area contributed by atoms with Gasteiger partial charge in [-0.25, -0.2) is 9.97 Å². The first kappa shape index (κ1) is 22.0. The van der Waals surface area contributed by atoms with Gasteiger partial charge in [0, 0.05) is 29.3 Å². The smallest absolute Gasteiger partial charge is 0.255 e. The topological polar surface area (TPSA) is 64.1 Å². The number of amides is 1. The number of carbonyl (C=O) groups is 1. The number of hydrogen-bond donors (Lipinski definition) is 1. The molecule has 1 amide bonds. The zero-order valence-electron chi connectivity index (χ0n) is 19.3. The van der Waals surface area contributed by atoms with Crippen LogP contribution in [0.5, 0.6) is 5.75 Å². The average molecular weight is 430 g/mol. The van der Waals surface area contributed by atoms with Crippen LogP contribution in [0.3, 0.4) is 0 Å². The highest BCUT2D eigenvalue weighted by molar-refractivity contribution is 5.97. The Morgan fingerprint density at radius 2 is 1.81 bits per heavy atom. The summed E-state index contributed by atoms with van der Waals surface area (Å²) in [5.74, 6) is 1.34. The molecule has 5 heteroatoms. The van der Waals surface area contributed by atoms with E-state index >= 15 is 0 Å². The maximum Gasteiger partial charge on any atom is 0.255 e. The molecule has 1 N–H and O–H groups in total. The van der Waals surface area contributed by atoms with Crippen LogP contribution in [0.4, 0.5) is 0 Å². The Bertz CT molecular complexity index is 1110. The van der Waals surface area contributed by atoms with Crippen molar-refractivity contribution in [3.05, 3.63) is 89.0 Å². The molecule has 1 aliphatic rings. The maximum absolute atomic E-state index is 13.0. The van der Waals surface area contributed by atoms with E-state index in [1.54, 1.807) is 13.2 Å². The van der Waals surface area contributed by atoms with E-state index in [0.29, 0.717) is 17.9 Å². The summed E-state index contributed by atoms with van der Waals surface area (Å²) in [6, 6.07) is 17.8. The van der Waals surface area contributed by atoms with Crippen LogP contribution in [-0.2, 0) is 23.7 Å². The molecule has 3 aromatic rings. The van der Waals surface area contributed by atoms with E-state index in [4.69, 9.17) is 9.72 Å². The molecule has 0 aliphatic heterocycles. The minimum atomic E-state index is -0.210. The number of nitrogens with zero attached hydrogens (tertiary/aromatic N) is 2. The van der Waals surface area contributed by atoms with Crippen LogP contribution in [0.1, 0.15) is 60.2 Å². The molecule has 2 aromatic carbocycles. The third-order valence-electron chi connectivity index (χ3n) is 6.32. The molecule has 1 aromatic heterocycles. The lowest BCUT2D eigenvalue weighted by atomic mass is 9.68. The molecule has 0 bridgehead atoms. The molecule has 0 saturated heterocycles. The van der Waals surface area contributed by atoms with Crippen molar-refractivity contribution in [2.45, 2.75) is 50.9 Å². The first-order valence-corrected chi connectivity index (χ1v) is 11.1. The van der Waals surface area contributed by atoms with Crippen molar-refractivity contribution in [2.75, 3.05) is 13.7 Å². The van der Waals surface area contributed by atoms with E-state index in [1.807, 2.05) is 30.5 Å². The van der Waals surface area contributed by atoms with E-state index in [9.17, 15) is 4.79 Å². The second-order valence-corrected chi connectivity index (χ2v) is 9.62. The summed E-state index contributed by atoms with van der Waals surface area (Å²) in [6.45, 7) is 6.95. The average Bonchev–Trinajstić information content (AvgIpc) is 2.82. The van der Waals surface area contributed by atoms with E-state index in [2.05, 4.69) is 55.3 Å². The van der Waals surface area contributed by atoms with Crippen LogP contribution in [0.25, 0.3) is 0 Å². The van der Waals surface area contributed by atoms with E-state index in [-0.39, 0.29) is 16.7 Å². The van der Waals surface area contributed by atoms with Gasteiger partial charge in [-0.1, -0.05) is 63.2 Å². The van der Waals surface area contributed by atoms with Crippen LogP contribution in [0.2, 0.25) is 0 Å². The van der Waals surface area contributed by atoms with Gasteiger partial charge in [0.25, 0.3) is 5.91 Å². The predicted molar refractivity (Wildman–Crippen MR) is 126 cm³/mol. The van der Waals surface area contributed by atoms with Gasteiger partial charge in [-0.15, -0.1) is 0 Å². The van der Waals surface area contributed by atoms with Crippen LogP contribution in [0.15, 0.2) is 60.8 Å². The van der Waals surface area contributed by atoms with Gasteiger partial charge >= 0.3 is 0 Å². The molecule has 1 heterocycles. The number of rotatable bonds is 5. The van der Waals surface area contributed by atoms with Crippen molar-refractivity contribution in [2.24, 2.45) is 0 Å². The van der Waals surface area contributed by atoms with Crippen LogP contribution in [0, 0.1) is 0 Å². The molecule has 166 valence electrons. The summed E-state index contributed by atoms with van der Waals surface area (Å²) >= 11 is 0. The maximum atomic E-state index is 13.0. The van der Waals surface area contributed by atoms with Crippen molar-refractivity contribution in [1.29, 1.82) is 0 Å². The molecule has 5 nitrogen and oxygen atoms in total. The molecule has 1 atom stereocenters. The number of para-hydroxylation sites is 1. The van der Waals surface area contributed by atoms with Crippen molar-refractivity contribution in [1.82, 2.24) is 15.3 Å². The minimum absolute atomic E-state index is 0.0777. The fourth-order valence-electron chi connectivity index (χ4n) is 4.45. The van der Waals surface area contributed by atoms with Gasteiger partial charge in [-0.2, -0.15) is 0 Å². The number of methoxy groups -OCH3 is 1. The van der Waals surface area contributed by atoms with Gasteiger partial charge in [0.1, 0.15) is 11.6 Å². The SMILES string of the molecule is COc1ccccc1C(=O)NCC1(c2ccccc2)CCc2nc(C(C)(C)C)ncc2C1. The number of fused-ring (bicyclic) bond motifs is 1. The fourth-order valence-corrected chi connectivity index (χ4v) is 4.45. The Morgan fingerprint density at radius 1 is 1.09 bits per heavy atom. The zero-order valence-corrected chi connectivity index (χ0v) is 19.3. The Balaban J connectivity index is 1.63. The highest BCUT2D eigenvalue weighted by Gasteiger charge is 2.38. The second-order valence-electron chi connectivity index (χ2n) is 9.62. The number of benzene rings is 2. The number of nitrogens with one attached hydrogen (secondary N) is 1. The number of hydrogen-bond acceptors (Lipinski definition) is 4. The number of carbonyl (C=O) groups excluding carboxylic acids is 1. The standard InChI is InChI=1S/C27H31N3O2/c1-26(2,3)25-28-17-19-16-27(15-14-22(19)30-25,20-10-6-5-7-11-20)18-29-24(31)21-12-8-9-13-23(21)32-4/h5-13,17H,14-16,18H2,1-4H3,(H,29,31). The quantitative estimate of drug-likeness (QED) is 0.642. The van der Waals surface area contributed by atoms with Crippen LogP contribution >= 0.6 is 0 Å². The Kier molecular flexibility index (Phi) is 6.00. The first-order valence-electron chi connectivity index (χ1n) is 11.1. The largest absolute Gasteiger partial charge is 0.496 e. The minimum Gasteiger partial charge on any atom is -0.496 e. The summed E-state index contributed by atoms with van der Waals surface area (Å²) in [5, 5.41) is 3.19. The molecule has 0 spiro atoms. The lowest BCUT2D eigenvalue weighted by Gasteiger charge is -2.39. The Morgan fingerprint density at radius 3 is 2.53 bits per heavy atom. The number of aryl methyl sites for hydroxylation is 1. The lowest BCUT2D eigenvalue weighted by Crippen LogP contribution is -2.45. The highest BCUT2D eigenvalue weighted by atomic mass is 16.5. The van der Waals surface area contributed by atoms with Crippen molar-refractivity contribution >= 4 is 5.91 Å². The van der Waals surface area contributed by atoms with Gasteiger partial charge in [-0.3, -0.25) is 4.79 Å². The summed E-state index contributed by atoms with van der Waals surface area (Å²) in [7, 11) is 1.58. The third-order valence-corrected chi connectivity index (χ3v) is 6.32. The van der Waals surface area contributed by atoms with Crippen molar-refractivity contribution in [3.8, 4) is 5.75 Å². The third kappa shape index (κ3) is 4.38. The van der Waals surface area contributed by atoms with Gasteiger partial charge in [0.2, 0.25) is 0 Å². The van der Waals surface area contributed by atoms with Crippen LogP contribution in [-0.4, -0.2) is 29.5 Å². The number of aromatic nitrogens is 2. The molecule has 1 aliphatic carbocycles. The van der Waals surface area contributed by atoms with E-state index in [0.717, 1.165) is 30.8 Å². The molecular formula is C27H31N3O2. The molecule has 0 radical (unpaired) electrons. The Labute approximate surface area is 190 Å². The molecule has 1 unspecified atom stereocenters. The Hall–Kier alpha value is -3.21. The van der Waals surface area contributed by atoms with Gasteiger partial charge in [0.15, 0.2) is 0 Å². The van der Waals surface area contributed by atoms with Crippen molar-refractivity contribution in [3.63, 3.8) is 0 Å². The fraction of sp³-hybridized carbons (Fsp3) is 0.370. The number of ether oxygens (including phenoxy) is 1. The summed E-state index contributed by atoms with van der Waals surface area (Å²) in [6.07, 6.45) is 4.56. The summed E-state index contributed by atoms with van der Waals surface area (Å²) in [5.41, 5.74) is 3.79. The highest BCUT2D eigenvalue weighted by Crippen LogP contribution is 2.38.